The average molecular weight is 320 g/mol. The van der Waals surface area contributed by atoms with E-state index in [1.807, 2.05) is 0 Å². The zero-order chi connectivity index (χ0) is 16.4. The Balaban J connectivity index is 4.35. The van der Waals surface area contributed by atoms with Gasteiger partial charge < -0.3 is 36.2 Å². The van der Waals surface area contributed by atoms with Crippen LogP contribution in [0.3, 0.4) is 0 Å². The SMILES string of the molecule is CSCC(NC(=O)CCC([NH3+])C(=O)[O-])C(=O)NCC(=O)[O-]. The number of nitrogens with one attached hydrogen (secondary N) is 2. The second-order valence-electron chi connectivity index (χ2n) is 4.22. The maximum Gasteiger partial charge on any atom is 0.243 e. The Kier molecular flexibility index (Phi) is 9.13. The molecule has 0 fully saturated rings. The van der Waals surface area contributed by atoms with E-state index >= 15 is 0 Å². The molecule has 0 saturated heterocycles. The predicted molar refractivity (Wildman–Crippen MR) is 69.2 cm³/mol. The summed E-state index contributed by atoms with van der Waals surface area (Å²) in [6, 6.07) is -1.92. The van der Waals surface area contributed by atoms with Crippen LogP contribution in [0.15, 0.2) is 0 Å². The topological polar surface area (TPSA) is 166 Å². The summed E-state index contributed by atoms with van der Waals surface area (Å²) in [6.45, 7) is -0.648. The molecule has 5 N–H and O–H groups in total. The number of carboxylic acids is 2. The number of amides is 2. The first kappa shape index (κ1) is 19.2. The average Bonchev–Trinajstić information content (AvgIpc) is 2.41. The van der Waals surface area contributed by atoms with E-state index < -0.39 is 42.4 Å². The minimum Gasteiger partial charge on any atom is -0.548 e. The highest BCUT2D eigenvalue weighted by molar-refractivity contribution is 7.98. The van der Waals surface area contributed by atoms with Crippen LogP contribution in [0.25, 0.3) is 0 Å². The lowest BCUT2D eigenvalue weighted by Gasteiger charge is -2.18. The van der Waals surface area contributed by atoms with Crippen molar-refractivity contribution in [2.45, 2.75) is 24.9 Å². The number of thioether (sulfide) groups is 1. The van der Waals surface area contributed by atoms with Gasteiger partial charge in [0.15, 0.2) is 0 Å². The molecular formula is C11H18N3O6S-. The van der Waals surface area contributed by atoms with Crippen LogP contribution in [0.1, 0.15) is 12.8 Å². The molecule has 0 aliphatic rings. The van der Waals surface area contributed by atoms with Crippen LogP contribution >= 0.6 is 11.8 Å². The van der Waals surface area contributed by atoms with Gasteiger partial charge in [0.25, 0.3) is 0 Å². The molecule has 21 heavy (non-hydrogen) atoms. The summed E-state index contributed by atoms with van der Waals surface area (Å²) in [5.41, 5.74) is 3.31. The molecule has 0 aromatic carbocycles. The maximum absolute atomic E-state index is 11.7. The Morgan fingerprint density at radius 1 is 1.24 bits per heavy atom. The van der Waals surface area contributed by atoms with Crippen LogP contribution in [0.2, 0.25) is 0 Å². The lowest BCUT2D eigenvalue weighted by Crippen LogP contribution is -2.68. The van der Waals surface area contributed by atoms with Gasteiger partial charge in [-0.15, -0.1) is 0 Å². The molecule has 0 aromatic rings. The number of hydrogen-bond acceptors (Lipinski definition) is 7. The van der Waals surface area contributed by atoms with Gasteiger partial charge >= 0.3 is 0 Å². The molecule has 120 valence electrons. The summed E-state index contributed by atoms with van der Waals surface area (Å²) in [6.07, 6.45) is 1.58. The standard InChI is InChI=1S/C11H19N3O6S/c1-21-5-7(10(18)13-4-9(16)17)14-8(15)3-2-6(12)11(19)20/h6-7H,2-5,12H2,1H3,(H,13,18)(H,14,15)(H,16,17)(H,19,20)/p-1. The first-order valence-corrected chi connectivity index (χ1v) is 7.47. The fraction of sp³-hybridized carbons (Fsp3) is 0.636. The van der Waals surface area contributed by atoms with Crippen LogP contribution in [0.5, 0.6) is 0 Å². The monoisotopic (exact) mass is 320 g/mol. The summed E-state index contributed by atoms with van der Waals surface area (Å²) >= 11 is 1.29. The van der Waals surface area contributed by atoms with Gasteiger partial charge in [-0.3, -0.25) is 9.59 Å². The summed E-state index contributed by atoms with van der Waals surface area (Å²) in [5, 5.41) is 25.2. The van der Waals surface area contributed by atoms with Crippen molar-refractivity contribution in [2.24, 2.45) is 0 Å². The predicted octanol–water partition coefficient (Wildman–Crippen LogP) is -5.16. The Bertz CT molecular complexity index is 403. The molecule has 10 heteroatoms. The molecule has 2 amide bonds. The van der Waals surface area contributed by atoms with Crippen molar-refractivity contribution < 1.29 is 35.1 Å². The second kappa shape index (κ2) is 10.00. The van der Waals surface area contributed by atoms with Crippen molar-refractivity contribution in [1.82, 2.24) is 10.6 Å². The first-order valence-electron chi connectivity index (χ1n) is 6.07. The van der Waals surface area contributed by atoms with Crippen molar-refractivity contribution in [3.05, 3.63) is 0 Å². The van der Waals surface area contributed by atoms with Crippen molar-refractivity contribution in [2.75, 3.05) is 18.6 Å². The molecule has 0 radical (unpaired) electrons. The highest BCUT2D eigenvalue weighted by atomic mass is 32.2. The van der Waals surface area contributed by atoms with Crippen LogP contribution in [-0.2, 0) is 19.2 Å². The normalized spacial score (nSPS) is 13.0. The number of carbonyl (C=O) groups excluding carboxylic acids is 4. The summed E-state index contributed by atoms with van der Waals surface area (Å²) < 4.78 is 0. The van der Waals surface area contributed by atoms with E-state index in [-0.39, 0.29) is 18.6 Å². The molecule has 2 unspecified atom stereocenters. The van der Waals surface area contributed by atoms with E-state index in [0.717, 1.165) is 0 Å². The maximum atomic E-state index is 11.7. The van der Waals surface area contributed by atoms with Gasteiger partial charge in [-0.2, -0.15) is 11.8 Å². The van der Waals surface area contributed by atoms with E-state index in [0.29, 0.717) is 0 Å². The fourth-order valence-electron chi connectivity index (χ4n) is 1.32. The summed E-state index contributed by atoms with van der Waals surface area (Å²) in [4.78, 5) is 44.0. The van der Waals surface area contributed by atoms with Crippen LogP contribution < -0.4 is 26.6 Å². The van der Waals surface area contributed by atoms with Gasteiger partial charge in [0.1, 0.15) is 12.1 Å². The van der Waals surface area contributed by atoms with Crippen LogP contribution in [0, 0.1) is 0 Å². The molecule has 0 bridgehead atoms. The molecule has 9 nitrogen and oxygen atoms in total. The molecular weight excluding hydrogens is 302 g/mol. The number of hydrogen-bond donors (Lipinski definition) is 3. The fourth-order valence-corrected chi connectivity index (χ4v) is 1.89. The Labute approximate surface area is 125 Å². The number of aliphatic carboxylic acids is 2. The molecule has 0 aliphatic heterocycles. The third-order valence-electron chi connectivity index (χ3n) is 2.45. The lowest BCUT2D eigenvalue weighted by atomic mass is 10.1. The zero-order valence-corrected chi connectivity index (χ0v) is 12.4. The van der Waals surface area contributed by atoms with Gasteiger partial charge in [-0.25, -0.2) is 0 Å². The first-order chi connectivity index (χ1) is 9.77. The van der Waals surface area contributed by atoms with E-state index in [1.165, 1.54) is 11.8 Å². The number of carbonyl (C=O) groups is 4. The summed E-state index contributed by atoms with van der Waals surface area (Å²) in [5.74, 6) is -3.71. The molecule has 0 saturated carbocycles. The van der Waals surface area contributed by atoms with Gasteiger partial charge in [0.05, 0.1) is 18.5 Å². The quantitative estimate of drug-likeness (QED) is 0.362. The molecule has 0 aromatic heterocycles. The van der Waals surface area contributed by atoms with E-state index in [2.05, 4.69) is 16.4 Å². The number of rotatable bonds is 10. The zero-order valence-electron chi connectivity index (χ0n) is 11.5. The van der Waals surface area contributed by atoms with Crippen LogP contribution in [-0.4, -0.2) is 54.4 Å². The Morgan fingerprint density at radius 3 is 2.33 bits per heavy atom. The van der Waals surface area contributed by atoms with Gasteiger partial charge in [0.2, 0.25) is 11.8 Å². The lowest BCUT2D eigenvalue weighted by molar-refractivity contribution is -0.438. The largest absolute Gasteiger partial charge is 0.548 e. The number of carboxylic acid groups (broad SMARTS) is 2. The van der Waals surface area contributed by atoms with Crippen molar-refractivity contribution in [3.63, 3.8) is 0 Å². The van der Waals surface area contributed by atoms with Crippen molar-refractivity contribution in [1.29, 1.82) is 0 Å². The van der Waals surface area contributed by atoms with Gasteiger partial charge in [-0.1, -0.05) is 0 Å². The molecule has 2 atom stereocenters. The van der Waals surface area contributed by atoms with E-state index in [4.69, 9.17) is 0 Å². The summed E-state index contributed by atoms with van der Waals surface area (Å²) in [7, 11) is 0. The van der Waals surface area contributed by atoms with E-state index in [1.54, 1.807) is 6.26 Å². The van der Waals surface area contributed by atoms with Crippen molar-refractivity contribution >= 4 is 35.5 Å². The molecule has 0 rings (SSSR count). The molecule has 0 aliphatic carbocycles. The van der Waals surface area contributed by atoms with E-state index in [9.17, 15) is 29.4 Å². The third kappa shape index (κ3) is 8.87. The number of quaternary nitrogens is 1. The van der Waals surface area contributed by atoms with Crippen LogP contribution in [0.4, 0.5) is 0 Å². The van der Waals surface area contributed by atoms with Crippen molar-refractivity contribution in [3.8, 4) is 0 Å². The third-order valence-corrected chi connectivity index (χ3v) is 3.11. The Morgan fingerprint density at radius 2 is 1.86 bits per heavy atom. The highest BCUT2D eigenvalue weighted by Crippen LogP contribution is 2.00. The molecule has 0 heterocycles. The minimum atomic E-state index is -1.44. The Hall–Kier alpha value is -1.81. The highest BCUT2D eigenvalue weighted by Gasteiger charge is 2.20. The van der Waals surface area contributed by atoms with Gasteiger partial charge in [0, 0.05) is 18.6 Å². The smallest absolute Gasteiger partial charge is 0.243 e. The second-order valence-corrected chi connectivity index (χ2v) is 5.13. The minimum absolute atomic E-state index is 0.0131. The molecule has 0 spiro atoms. The van der Waals surface area contributed by atoms with Gasteiger partial charge in [-0.05, 0) is 6.26 Å².